The Kier molecular flexibility index (Phi) is 4.41. The molecule has 0 radical (unpaired) electrons. The maximum Gasteiger partial charge on any atom is 0.311 e. The van der Waals surface area contributed by atoms with Crippen LogP contribution >= 0.6 is 15.9 Å². The quantitative estimate of drug-likeness (QED) is 0.759. The van der Waals surface area contributed by atoms with Crippen molar-refractivity contribution >= 4 is 38.7 Å². The molecule has 0 unspecified atom stereocenters. The normalized spacial score (nSPS) is 17.1. The Balaban J connectivity index is 1.78. The summed E-state index contributed by atoms with van der Waals surface area (Å²) in [5.74, 6) is -1.21. The highest BCUT2D eigenvalue weighted by molar-refractivity contribution is 9.10. The molecule has 1 saturated heterocycles. The van der Waals surface area contributed by atoms with E-state index in [9.17, 15) is 14.7 Å². The number of para-hydroxylation sites is 1. The molecule has 1 aliphatic heterocycles. The summed E-state index contributed by atoms with van der Waals surface area (Å²) in [6, 6.07) is 7.57. The number of rotatable bonds is 4. The number of aliphatic carboxylic acids is 1. The maximum atomic E-state index is 12.4. The lowest BCUT2D eigenvalue weighted by Crippen LogP contribution is -2.46. The third-order valence-electron chi connectivity index (χ3n) is 4.36. The third kappa shape index (κ3) is 2.98. The number of carbonyl (C=O) groups excluding carboxylic acids is 1. The molecule has 3 N–H and O–H groups in total. The number of H-pyrrole nitrogens is 1. The van der Waals surface area contributed by atoms with Crippen LogP contribution in [0.2, 0.25) is 0 Å². The lowest BCUT2D eigenvalue weighted by molar-refractivity contribution is -0.154. The first-order chi connectivity index (χ1) is 11.0. The van der Waals surface area contributed by atoms with E-state index in [1.54, 1.807) is 0 Å². The Labute approximate surface area is 141 Å². The number of amides is 1. The Bertz CT molecular complexity index is 750. The Hall–Kier alpha value is -1.86. The van der Waals surface area contributed by atoms with Gasteiger partial charge < -0.3 is 20.1 Å². The van der Waals surface area contributed by atoms with Crippen LogP contribution in [0.15, 0.2) is 28.7 Å². The van der Waals surface area contributed by atoms with E-state index in [0.29, 0.717) is 36.2 Å². The molecule has 0 saturated carbocycles. The summed E-state index contributed by atoms with van der Waals surface area (Å²) in [6.07, 6.45) is 0.799. The van der Waals surface area contributed by atoms with Crippen LogP contribution in [-0.4, -0.2) is 41.7 Å². The first-order valence-electron chi connectivity index (χ1n) is 7.39. The molecule has 1 aliphatic rings. The fraction of sp³-hybridized carbons (Fsp3) is 0.375. The molecule has 1 aromatic heterocycles. The van der Waals surface area contributed by atoms with Crippen LogP contribution in [0.3, 0.4) is 0 Å². The molecule has 0 aliphatic carbocycles. The van der Waals surface area contributed by atoms with E-state index in [4.69, 9.17) is 4.74 Å². The number of carboxylic acid groups (broad SMARTS) is 1. The lowest BCUT2D eigenvalue weighted by Gasteiger charge is -2.33. The molecule has 3 rings (SSSR count). The Morgan fingerprint density at radius 2 is 2.00 bits per heavy atom. The molecule has 7 heteroatoms. The van der Waals surface area contributed by atoms with Gasteiger partial charge in [-0.05, 0) is 34.8 Å². The van der Waals surface area contributed by atoms with Gasteiger partial charge in [-0.3, -0.25) is 9.59 Å². The number of nitrogens with one attached hydrogen (secondary N) is 2. The minimum atomic E-state index is -0.952. The summed E-state index contributed by atoms with van der Waals surface area (Å²) in [4.78, 5) is 27.1. The zero-order valence-electron chi connectivity index (χ0n) is 12.4. The van der Waals surface area contributed by atoms with Crippen molar-refractivity contribution in [3.8, 4) is 0 Å². The van der Waals surface area contributed by atoms with E-state index in [0.717, 1.165) is 10.9 Å². The molecule has 0 bridgehead atoms. The van der Waals surface area contributed by atoms with E-state index < -0.39 is 11.4 Å². The smallest absolute Gasteiger partial charge is 0.311 e. The molecule has 0 spiro atoms. The summed E-state index contributed by atoms with van der Waals surface area (Å²) in [5, 5.41) is 13.2. The van der Waals surface area contributed by atoms with Crippen LogP contribution in [0.5, 0.6) is 0 Å². The summed E-state index contributed by atoms with van der Waals surface area (Å²) in [5.41, 5.74) is 0.300. The van der Waals surface area contributed by atoms with Crippen molar-refractivity contribution in [1.29, 1.82) is 0 Å². The average molecular weight is 381 g/mol. The van der Waals surface area contributed by atoms with Gasteiger partial charge in [0.15, 0.2) is 0 Å². The lowest BCUT2D eigenvalue weighted by atomic mass is 9.80. The number of hydrogen-bond donors (Lipinski definition) is 3. The predicted octanol–water partition coefficient (Wildman–Crippen LogP) is 2.54. The number of aromatic nitrogens is 1. The van der Waals surface area contributed by atoms with Crippen molar-refractivity contribution in [3.05, 3.63) is 34.4 Å². The van der Waals surface area contributed by atoms with Crippen LogP contribution in [0, 0.1) is 5.41 Å². The second kappa shape index (κ2) is 6.33. The van der Waals surface area contributed by atoms with Gasteiger partial charge in [-0.25, -0.2) is 0 Å². The minimum absolute atomic E-state index is 0.0896. The van der Waals surface area contributed by atoms with Gasteiger partial charge in [0.05, 0.1) is 9.89 Å². The molecule has 23 heavy (non-hydrogen) atoms. The van der Waals surface area contributed by atoms with Crippen LogP contribution in [-0.2, 0) is 9.53 Å². The molecule has 2 aromatic rings. The number of hydrogen-bond acceptors (Lipinski definition) is 3. The highest BCUT2D eigenvalue weighted by Gasteiger charge is 2.40. The van der Waals surface area contributed by atoms with Gasteiger partial charge in [-0.2, -0.15) is 0 Å². The van der Waals surface area contributed by atoms with Gasteiger partial charge in [0.25, 0.3) is 5.91 Å². The summed E-state index contributed by atoms with van der Waals surface area (Å²) in [7, 11) is 0. The van der Waals surface area contributed by atoms with Crippen molar-refractivity contribution in [2.75, 3.05) is 19.8 Å². The topological polar surface area (TPSA) is 91.4 Å². The van der Waals surface area contributed by atoms with Crippen molar-refractivity contribution in [2.45, 2.75) is 12.8 Å². The van der Waals surface area contributed by atoms with E-state index in [1.807, 2.05) is 24.3 Å². The van der Waals surface area contributed by atoms with Crippen molar-refractivity contribution < 1.29 is 19.4 Å². The molecule has 1 aromatic carbocycles. The van der Waals surface area contributed by atoms with Gasteiger partial charge in [0.1, 0.15) is 5.69 Å². The first-order valence-corrected chi connectivity index (χ1v) is 8.18. The maximum absolute atomic E-state index is 12.4. The number of halogens is 1. The first kappa shape index (κ1) is 16.0. The molecule has 122 valence electrons. The predicted molar refractivity (Wildman–Crippen MR) is 88.5 cm³/mol. The van der Waals surface area contributed by atoms with Crippen LogP contribution in [0.1, 0.15) is 23.3 Å². The molecule has 1 fully saturated rings. The second-order valence-corrected chi connectivity index (χ2v) is 6.53. The standard InChI is InChI=1S/C16H17BrN2O4/c17-12-10-3-1-2-4-11(10)19-13(12)14(20)18-9-16(15(21)22)5-7-23-8-6-16/h1-4,19H,5-9H2,(H,18,20)(H,21,22). The molecule has 0 atom stereocenters. The van der Waals surface area contributed by atoms with Crippen LogP contribution in [0.25, 0.3) is 10.9 Å². The van der Waals surface area contributed by atoms with Gasteiger partial charge >= 0.3 is 5.97 Å². The summed E-state index contributed by atoms with van der Waals surface area (Å²) < 4.78 is 5.92. The molecular weight excluding hydrogens is 364 g/mol. The van der Waals surface area contributed by atoms with Gasteiger partial charge in [-0.1, -0.05) is 18.2 Å². The zero-order chi connectivity index (χ0) is 16.4. The fourth-order valence-electron chi connectivity index (χ4n) is 2.83. The van der Waals surface area contributed by atoms with E-state index >= 15 is 0 Å². The second-order valence-electron chi connectivity index (χ2n) is 5.74. The minimum Gasteiger partial charge on any atom is -0.481 e. The molecule has 1 amide bonds. The van der Waals surface area contributed by atoms with Crippen molar-refractivity contribution in [2.24, 2.45) is 5.41 Å². The highest BCUT2D eigenvalue weighted by atomic mass is 79.9. The van der Waals surface area contributed by atoms with Gasteiger partial charge in [0.2, 0.25) is 0 Å². The monoisotopic (exact) mass is 380 g/mol. The van der Waals surface area contributed by atoms with E-state index in [1.165, 1.54) is 0 Å². The third-order valence-corrected chi connectivity index (χ3v) is 5.18. The number of fused-ring (bicyclic) bond motifs is 1. The van der Waals surface area contributed by atoms with Crippen LogP contribution in [0.4, 0.5) is 0 Å². The number of ether oxygens (including phenoxy) is 1. The number of benzene rings is 1. The summed E-state index contributed by atoms with van der Waals surface area (Å²) >= 11 is 3.43. The fourth-order valence-corrected chi connectivity index (χ4v) is 3.46. The van der Waals surface area contributed by atoms with E-state index in [-0.39, 0.29) is 12.5 Å². The molecule has 2 heterocycles. The number of aromatic amines is 1. The summed E-state index contributed by atoms with van der Waals surface area (Å²) in [6.45, 7) is 0.892. The Morgan fingerprint density at radius 3 is 2.65 bits per heavy atom. The van der Waals surface area contributed by atoms with Gasteiger partial charge in [-0.15, -0.1) is 0 Å². The SMILES string of the molecule is O=C(NCC1(C(=O)O)CCOCC1)c1[nH]c2ccccc2c1Br. The Morgan fingerprint density at radius 1 is 1.30 bits per heavy atom. The average Bonchev–Trinajstić information content (AvgIpc) is 2.91. The molecular formula is C16H17BrN2O4. The van der Waals surface area contributed by atoms with Crippen LogP contribution < -0.4 is 5.32 Å². The van der Waals surface area contributed by atoms with Crippen molar-refractivity contribution in [3.63, 3.8) is 0 Å². The van der Waals surface area contributed by atoms with Gasteiger partial charge in [0, 0.05) is 30.7 Å². The zero-order valence-corrected chi connectivity index (χ0v) is 14.0. The molecule has 6 nitrogen and oxygen atoms in total. The number of carboxylic acids is 1. The largest absolute Gasteiger partial charge is 0.481 e. The van der Waals surface area contributed by atoms with Crippen molar-refractivity contribution in [1.82, 2.24) is 10.3 Å². The number of carbonyl (C=O) groups is 2. The highest BCUT2D eigenvalue weighted by Crippen LogP contribution is 2.31. The van der Waals surface area contributed by atoms with E-state index in [2.05, 4.69) is 26.2 Å².